The quantitative estimate of drug-likeness (QED) is 0.723. The van der Waals surface area contributed by atoms with Crippen LogP contribution in [0.4, 0.5) is 0 Å². The molecule has 1 nitrogen and oxygen atoms in total. The topological polar surface area (TPSA) is 3.24 Å². The van der Waals surface area contributed by atoms with Crippen LogP contribution in [0.1, 0.15) is 31.7 Å². The highest BCUT2D eigenvalue weighted by Crippen LogP contribution is 2.24. The van der Waals surface area contributed by atoms with Gasteiger partial charge in [0.1, 0.15) is 0 Å². The Hall–Kier alpha value is -1.24. The molecule has 1 fully saturated rings. The zero-order valence-corrected chi connectivity index (χ0v) is 9.45. The second-order valence-electron chi connectivity index (χ2n) is 4.06. The second-order valence-corrected chi connectivity index (χ2v) is 4.06. The summed E-state index contributed by atoms with van der Waals surface area (Å²) in [4.78, 5) is 2.51. The number of likely N-dealkylation sites (tertiary alicyclic amines) is 1. The van der Waals surface area contributed by atoms with Crippen molar-refractivity contribution in [3.63, 3.8) is 0 Å². The average Bonchev–Trinajstić information content (AvgIpc) is 2.80. The normalized spacial score (nSPS) is 17.1. The molecule has 1 heterocycles. The molecule has 1 aliphatic heterocycles. The fourth-order valence-corrected chi connectivity index (χ4v) is 2.19. The van der Waals surface area contributed by atoms with E-state index in [2.05, 4.69) is 48.2 Å². The molecular formula is C14H19N. The van der Waals surface area contributed by atoms with Gasteiger partial charge < -0.3 is 4.90 Å². The number of rotatable bonds is 3. The summed E-state index contributed by atoms with van der Waals surface area (Å²) in [5.74, 6) is 0. The summed E-state index contributed by atoms with van der Waals surface area (Å²) in [5, 5.41) is 0. The van der Waals surface area contributed by atoms with Gasteiger partial charge in [-0.3, -0.25) is 0 Å². The van der Waals surface area contributed by atoms with E-state index in [0.29, 0.717) is 0 Å². The van der Waals surface area contributed by atoms with E-state index in [4.69, 9.17) is 0 Å². The van der Waals surface area contributed by atoms with Gasteiger partial charge in [-0.2, -0.15) is 0 Å². The Morgan fingerprint density at radius 1 is 1.20 bits per heavy atom. The van der Waals surface area contributed by atoms with Crippen molar-refractivity contribution >= 4 is 5.70 Å². The van der Waals surface area contributed by atoms with Crippen LogP contribution in [0.25, 0.3) is 5.70 Å². The van der Waals surface area contributed by atoms with E-state index in [1.54, 1.807) is 0 Å². The molecule has 0 amide bonds. The van der Waals surface area contributed by atoms with E-state index < -0.39 is 0 Å². The summed E-state index contributed by atoms with van der Waals surface area (Å²) in [5.41, 5.74) is 2.79. The molecule has 1 heteroatoms. The van der Waals surface area contributed by atoms with Gasteiger partial charge in [0.25, 0.3) is 0 Å². The van der Waals surface area contributed by atoms with E-state index in [1.165, 1.54) is 37.2 Å². The predicted molar refractivity (Wildman–Crippen MR) is 65.5 cm³/mol. The number of hydrogen-bond acceptors (Lipinski definition) is 1. The van der Waals surface area contributed by atoms with Gasteiger partial charge in [-0.1, -0.05) is 43.3 Å². The number of nitrogens with zero attached hydrogens (tertiary/aromatic N) is 1. The average molecular weight is 201 g/mol. The third-order valence-electron chi connectivity index (χ3n) is 2.91. The van der Waals surface area contributed by atoms with Crippen molar-refractivity contribution in [1.29, 1.82) is 0 Å². The van der Waals surface area contributed by atoms with Crippen LogP contribution in [-0.4, -0.2) is 18.0 Å². The third-order valence-corrected chi connectivity index (χ3v) is 2.91. The van der Waals surface area contributed by atoms with Crippen LogP contribution in [0, 0.1) is 0 Å². The smallest absolute Gasteiger partial charge is 0.0399 e. The molecule has 0 aromatic heterocycles. The Morgan fingerprint density at radius 2 is 1.87 bits per heavy atom. The SMILES string of the molecule is CC/C=C(\c1ccccc1)N1CCCC1. The fraction of sp³-hybridized carbons (Fsp3) is 0.429. The van der Waals surface area contributed by atoms with E-state index in [0.717, 1.165) is 6.42 Å². The van der Waals surface area contributed by atoms with Crippen molar-refractivity contribution in [2.24, 2.45) is 0 Å². The van der Waals surface area contributed by atoms with Gasteiger partial charge >= 0.3 is 0 Å². The van der Waals surface area contributed by atoms with Gasteiger partial charge in [0, 0.05) is 18.8 Å². The zero-order valence-electron chi connectivity index (χ0n) is 9.45. The highest BCUT2D eigenvalue weighted by molar-refractivity contribution is 5.64. The molecule has 0 aliphatic carbocycles. The van der Waals surface area contributed by atoms with Crippen LogP contribution >= 0.6 is 0 Å². The van der Waals surface area contributed by atoms with Crippen molar-refractivity contribution < 1.29 is 0 Å². The predicted octanol–water partition coefficient (Wildman–Crippen LogP) is 3.53. The lowest BCUT2D eigenvalue weighted by Gasteiger charge is -2.22. The molecular weight excluding hydrogens is 182 g/mol. The standard InChI is InChI=1S/C14H19N/c1-2-8-14(15-11-6-7-12-15)13-9-4-3-5-10-13/h3-5,8-10H,2,6-7,11-12H2,1H3/b14-8+. The molecule has 1 saturated heterocycles. The Balaban J connectivity index is 2.23. The van der Waals surface area contributed by atoms with Crippen LogP contribution in [0.3, 0.4) is 0 Å². The van der Waals surface area contributed by atoms with Gasteiger partial charge in [-0.05, 0) is 24.8 Å². The van der Waals surface area contributed by atoms with E-state index in [9.17, 15) is 0 Å². The number of benzene rings is 1. The van der Waals surface area contributed by atoms with Crippen LogP contribution in [0.5, 0.6) is 0 Å². The molecule has 0 bridgehead atoms. The Kier molecular flexibility index (Phi) is 3.44. The monoisotopic (exact) mass is 201 g/mol. The lowest BCUT2D eigenvalue weighted by Crippen LogP contribution is -2.17. The van der Waals surface area contributed by atoms with Crippen molar-refractivity contribution in [2.45, 2.75) is 26.2 Å². The molecule has 1 aromatic rings. The van der Waals surface area contributed by atoms with Crippen molar-refractivity contribution in [3.8, 4) is 0 Å². The maximum Gasteiger partial charge on any atom is 0.0399 e. The highest BCUT2D eigenvalue weighted by Gasteiger charge is 2.15. The highest BCUT2D eigenvalue weighted by atomic mass is 15.1. The first-order valence-corrected chi connectivity index (χ1v) is 5.92. The van der Waals surface area contributed by atoms with Gasteiger partial charge in [0.2, 0.25) is 0 Å². The van der Waals surface area contributed by atoms with Crippen molar-refractivity contribution in [3.05, 3.63) is 42.0 Å². The molecule has 0 atom stereocenters. The van der Waals surface area contributed by atoms with E-state index >= 15 is 0 Å². The summed E-state index contributed by atoms with van der Waals surface area (Å²) in [6, 6.07) is 10.7. The minimum atomic E-state index is 1.11. The van der Waals surface area contributed by atoms with Gasteiger partial charge in [0.05, 0.1) is 0 Å². The number of hydrogen-bond donors (Lipinski definition) is 0. The molecule has 1 aromatic carbocycles. The van der Waals surface area contributed by atoms with Crippen LogP contribution in [0.15, 0.2) is 36.4 Å². The molecule has 0 unspecified atom stereocenters. The number of allylic oxidation sites excluding steroid dienone is 1. The zero-order chi connectivity index (χ0) is 10.5. The summed E-state index contributed by atoms with van der Waals surface area (Å²) >= 11 is 0. The van der Waals surface area contributed by atoms with Crippen LogP contribution < -0.4 is 0 Å². The molecule has 15 heavy (non-hydrogen) atoms. The van der Waals surface area contributed by atoms with E-state index in [-0.39, 0.29) is 0 Å². The van der Waals surface area contributed by atoms with E-state index in [1.807, 2.05) is 0 Å². The van der Waals surface area contributed by atoms with Gasteiger partial charge in [-0.15, -0.1) is 0 Å². The molecule has 0 saturated carbocycles. The molecule has 0 radical (unpaired) electrons. The van der Waals surface area contributed by atoms with Gasteiger partial charge in [-0.25, -0.2) is 0 Å². The van der Waals surface area contributed by atoms with Gasteiger partial charge in [0.15, 0.2) is 0 Å². The third kappa shape index (κ3) is 2.41. The second kappa shape index (κ2) is 5.01. The largest absolute Gasteiger partial charge is 0.371 e. The molecule has 1 aliphatic rings. The molecule has 0 N–H and O–H groups in total. The van der Waals surface area contributed by atoms with Crippen LogP contribution in [-0.2, 0) is 0 Å². The maximum absolute atomic E-state index is 2.51. The lowest BCUT2D eigenvalue weighted by atomic mass is 10.1. The Morgan fingerprint density at radius 3 is 2.47 bits per heavy atom. The first kappa shape index (κ1) is 10.3. The first-order chi connectivity index (χ1) is 7.42. The first-order valence-electron chi connectivity index (χ1n) is 5.92. The Bertz CT molecular complexity index is 320. The minimum absolute atomic E-state index is 1.11. The maximum atomic E-state index is 2.51. The molecule has 80 valence electrons. The summed E-state index contributed by atoms with van der Waals surface area (Å²) in [6.45, 7) is 4.65. The summed E-state index contributed by atoms with van der Waals surface area (Å²) in [6.07, 6.45) is 6.14. The summed E-state index contributed by atoms with van der Waals surface area (Å²) in [7, 11) is 0. The summed E-state index contributed by atoms with van der Waals surface area (Å²) < 4.78 is 0. The van der Waals surface area contributed by atoms with Crippen molar-refractivity contribution in [2.75, 3.05) is 13.1 Å². The fourth-order valence-electron chi connectivity index (χ4n) is 2.19. The molecule has 2 rings (SSSR count). The Labute approximate surface area is 92.4 Å². The van der Waals surface area contributed by atoms with Crippen LogP contribution in [0.2, 0.25) is 0 Å². The lowest BCUT2D eigenvalue weighted by molar-refractivity contribution is 0.492. The van der Waals surface area contributed by atoms with Crippen molar-refractivity contribution in [1.82, 2.24) is 4.90 Å². The molecule has 0 spiro atoms. The minimum Gasteiger partial charge on any atom is -0.371 e.